The van der Waals surface area contributed by atoms with Gasteiger partial charge < -0.3 is 28.4 Å². The van der Waals surface area contributed by atoms with Crippen LogP contribution in [0.4, 0.5) is 0 Å². The molecule has 0 aromatic heterocycles. The summed E-state index contributed by atoms with van der Waals surface area (Å²) in [5.74, 6) is 3.57. The SMILES string of the molecule is COc1ccc(OC)c(C(=O)/C=C/c2ccc(OC)c(COc3ccc4c(c3)OCO4)c2)c1. The van der Waals surface area contributed by atoms with Crippen molar-refractivity contribution in [1.82, 2.24) is 0 Å². The van der Waals surface area contributed by atoms with Crippen molar-refractivity contribution in [2.24, 2.45) is 0 Å². The second-order valence-electron chi connectivity index (χ2n) is 7.14. The molecule has 7 heteroatoms. The van der Waals surface area contributed by atoms with Crippen LogP contribution >= 0.6 is 0 Å². The molecule has 1 heterocycles. The van der Waals surface area contributed by atoms with Gasteiger partial charge in [-0.2, -0.15) is 0 Å². The van der Waals surface area contributed by atoms with E-state index in [1.54, 1.807) is 44.6 Å². The maximum atomic E-state index is 12.8. The lowest BCUT2D eigenvalue weighted by atomic mass is 10.1. The van der Waals surface area contributed by atoms with Crippen LogP contribution < -0.4 is 28.4 Å². The van der Waals surface area contributed by atoms with Crippen LogP contribution in [0, 0.1) is 0 Å². The second kappa shape index (κ2) is 9.99. The molecule has 0 aliphatic carbocycles. The molecule has 3 aromatic rings. The van der Waals surface area contributed by atoms with Gasteiger partial charge in [-0.05, 0) is 54.1 Å². The lowest BCUT2D eigenvalue weighted by Crippen LogP contribution is -2.00. The minimum absolute atomic E-state index is 0.195. The average molecular weight is 448 g/mol. The molecule has 0 N–H and O–H groups in total. The predicted molar refractivity (Wildman–Crippen MR) is 123 cm³/mol. The molecule has 1 aliphatic heterocycles. The summed E-state index contributed by atoms with van der Waals surface area (Å²) in [5, 5.41) is 0. The Kier molecular flexibility index (Phi) is 6.69. The number of benzene rings is 3. The molecule has 170 valence electrons. The first-order valence-corrected chi connectivity index (χ1v) is 10.2. The molecule has 0 unspecified atom stereocenters. The highest BCUT2D eigenvalue weighted by Gasteiger charge is 2.15. The highest BCUT2D eigenvalue weighted by Crippen LogP contribution is 2.35. The topological polar surface area (TPSA) is 72.5 Å². The average Bonchev–Trinajstić information content (AvgIpc) is 3.33. The van der Waals surface area contributed by atoms with Gasteiger partial charge in [0.15, 0.2) is 17.3 Å². The van der Waals surface area contributed by atoms with Crippen molar-refractivity contribution < 1.29 is 33.2 Å². The third-order valence-electron chi connectivity index (χ3n) is 5.14. The van der Waals surface area contributed by atoms with Gasteiger partial charge in [-0.15, -0.1) is 0 Å². The molecule has 0 saturated heterocycles. The molecule has 0 bridgehead atoms. The molecule has 0 atom stereocenters. The number of rotatable bonds is 9. The Morgan fingerprint density at radius 1 is 0.848 bits per heavy atom. The minimum Gasteiger partial charge on any atom is -0.497 e. The smallest absolute Gasteiger partial charge is 0.231 e. The third kappa shape index (κ3) is 5.03. The molecule has 0 fully saturated rings. The van der Waals surface area contributed by atoms with E-state index in [0.717, 1.165) is 11.1 Å². The molecule has 1 aliphatic rings. The van der Waals surface area contributed by atoms with Gasteiger partial charge in [-0.25, -0.2) is 0 Å². The fourth-order valence-corrected chi connectivity index (χ4v) is 3.41. The van der Waals surface area contributed by atoms with Crippen LogP contribution in [0.3, 0.4) is 0 Å². The van der Waals surface area contributed by atoms with Crippen molar-refractivity contribution in [3.05, 3.63) is 77.4 Å². The minimum atomic E-state index is -0.195. The number of carbonyl (C=O) groups is 1. The lowest BCUT2D eigenvalue weighted by molar-refractivity contribution is 0.104. The molecule has 3 aromatic carbocycles. The van der Waals surface area contributed by atoms with Gasteiger partial charge in [-0.1, -0.05) is 12.1 Å². The number of ketones is 1. The van der Waals surface area contributed by atoms with Gasteiger partial charge in [0, 0.05) is 11.6 Å². The Balaban J connectivity index is 1.50. The highest BCUT2D eigenvalue weighted by atomic mass is 16.7. The maximum absolute atomic E-state index is 12.8. The van der Waals surface area contributed by atoms with Crippen molar-refractivity contribution in [2.75, 3.05) is 28.1 Å². The van der Waals surface area contributed by atoms with Crippen LogP contribution in [-0.2, 0) is 6.61 Å². The van der Waals surface area contributed by atoms with Crippen LogP contribution in [0.5, 0.6) is 34.5 Å². The van der Waals surface area contributed by atoms with Gasteiger partial charge in [0.25, 0.3) is 0 Å². The highest BCUT2D eigenvalue weighted by molar-refractivity contribution is 6.08. The van der Waals surface area contributed by atoms with Crippen LogP contribution in [0.2, 0.25) is 0 Å². The lowest BCUT2D eigenvalue weighted by Gasteiger charge is -2.12. The molecule has 0 spiro atoms. The number of fused-ring (bicyclic) bond motifs is 1. The van der Waals surface area contributed by atoms with Crippen LogP contribution in [0.25, 0.3) is 6.08 Å². The molecular formula is C26H24O7. The molecule has 0 radical (unpaired) electrons. The summed E-state index contributed by atoms with van der Waals surface area (Å²) in [7, 11) is 4.68. The zero-order valence-electron chi connectivity index (χ0n) is 18.6. The summed E-state index contributed by atoms with van der Waals surface area (Å²) in [4.78, 5) is 12.8. The van der Waals surface area contributed by atoms with E-state index in [4.69, 9.17) is 28.4 Å². The van der Waals surface area contributed by atoms with E-state index in [9.17, 15) is 4.79 Å². The molecular weight excluding hydrogens is 424 g/mol. The normalized spacial score (nSPS) is 12.0. The van der Waals surface area contributed by atoms with Gasteiger partial charge in [0.2, 0.25) is 6.79 Å². The molecule has 4 rings (SSSR count). The zero-order chi connectivity index (χ0) is 23.2. The summed E-state index contributed by atoms with van der Waals surface area (Å²) in [5.41, 5.74) is 2.09. The predicted octanol–water partition coefficient (Wildman–Crippen LogP) is 4.92. The van der Waals surface area contributed by atoms with Crippen LogP contribution in [0.1, 0.15) is 21.5 Å². The number of allylic oxidation sites excluding steroid dienone is 1. The molecule has 33 heavy (non-hydrogen) atoms. The van der Waals surface area contributed by atoms with Crippen LogP contribution in [0.15, 0.2) is 60.7 Å². The number of hydrogen-bond donors (Lipinski definition) is 0. The monoisotopic (exact) mass is 448 g/mol. The standard InChI is InChI=1S/C26H24O7/c1-28-19-6-10-24(30-3)21(13-19)22(27)8-4-17-5-9-23(29-2)18(12-17)15-31-20-7-11-25-26(14-20)33-16-32-25/h4-14H,15-16H2,1-3H3/b8-4+. The summed E-state index contributed by atoms with van der Waals surface area (Å²) in [6.45, 7) is 0.490. The van der Waals surface area contributed by atoms with Crippen molar-refractivity contribution in [2.45, 2.75) is 6.61 Å². The summed E-state index contributed by atoms with van der Waals surface area (Å²) in [6.07, 6.45) is 3.24. The summed E-state index contributed by atoms with van der Waals surface area (Å²) < 4.78 is 32.6. The van der Waals surface area contributed by atoms with E-state index in [-0.39, 0.29) is 19.2 Å². The van der Waals surface area contributed by atoms with Crippen molar-refractivity contribution in [3.8, 4) is 34.5 Å². The number of carbonyl (C=O) groups excluding carboxylic acids is 1. The molecule has 7 nitrogen and oxygen atoms in total. The number of methoxy groups -OCH3 is 3. The van der Waals surface area contributed by atoms with Gasteiger partial charge in [0.05, 0.1) is 26.9 Å². The number of hydrogen-bond acceptors (Lipinski definition) is 7. The summed E-state index contributed by atoms with van der Waals surface area (Å²) >= 11 is 0. The fraction of sp³-hybridized carbons (Fsp3) is 0.192. The maximum Gasteiger partial charge on any atom is 0.231 e. The Morgan fingerprint density at radius 2 is 1.61 bits per heavy atom. The van der Waals surface area contributed by atoms with E-state index >= 15 is 0 Å². The first-order chi connectivity index (χ1) is 16.1. The van der Waals surface area contributed by atoms with Crippen molar-refractivity contribution >= 4 is 11.9 Å². The van der Waals surface area contributed by atoms with E-state index in [2.05, 4.69) is 0 Å². The van der Waals surface area contributed by atoms with Gasteiger partial charge in [-0.3, -0.25) is 4.79 Å². The third-order valence-corrected chi connectivity index (χ3v) is 5.14. The largest absolute Gasteiger partial charge is 0.497 e. The first kappa shape index (κ1) is 22.1. The first-order valence-electron chi connectivity index (χ1n) is 10.2. The Morgan fingerprint density at radius 3 is 2.39 bits per heavy atom. The second-order valence-corrected chi connectivity index (χ2v) is 7.14. The molecule has 0 saturated carbocycles. The Labute approximate surface area is 192 Å². The fourth-order valence-electron chi connectivity index (χ4n) is 3.41. The quantitative estimate of drug-likeness (QED) is 0.340. The molecule has 0 amide bonds. The van der Waals surface area contributed by atoms with E-state index in [1.807, 2.05) is 30.3 Å². The Hall–Kier alpha value is -4.13. The summed E-state index contributed by atoms with van der Waals surface area (Å²) in [6, 6.07) is 16.2. The van der Waals surface area contributed by atoms with Crippen LogP contribution in [-0.4, -0.2) is 33.9 Å². The zero-order valence-corrected chi connectivity index (χ0v) is 18.6. The van der Waals surface area contributed by atoms with Crippen molar-refractivity contribution in [1.29, 1.82) is 0 Å². The van der Waals surface area contributed by atoms with Gasteiger partial charge >= 0.3 is 0 Å². The van der Waals surface area contributed by atoms with Gasteiger partial charge in [0.1, 0.15) is 29.6 Å². The van der Waals surface area contributed by atoms with E-state index in [1.165, 1.54) is 13.2 Å². The van der Waals surface area contributed by atoms with E-state index in [0.29, 0.717) is 40.1 Å². The van der Waals surface area contributed by atoms with Crippen molar-refractivity contribution in [3.63, 3.8) is 0 Å². The number of ether oxygens (including phenoxy) is 6. The van der Waals surface area contributed by atoms with E-state index < -0.39 is 0 Å². The Bertz CT molecular complexity index is 1180.